The molecule has 178 valence electrons. The van der Waals surface area contributed by atoms with Crippen molar-refractivity contribution >= 4 is 35.4 Å². The first-order valence-corrected chi connectivity index (χ1v) is 13.4. The van der Waals surface area contributed by atoms with E-state index in [1.54, 1.807) is 23.5 Å². The highest BCUT2D eigenvalue weighted by Gasteiger charge is 2.52. The second-order valence-corrected chi connectivity index (χ2v) is 10.6. The van der Waals surface area contributed by atoms with Crippen molar-refractivity contribution in [2.45, 2.75) is 22.4 Å². The topological polar surface area (TPSA) is 76.5 Å². The van der Waals surface area contributed by atoms with Gasteiger partial charge in [0.2, 0.25) is 5.91 Å². The number of esters is 1. The minimum absolute atomic E-state index is 0.235. The summed E-state index contributed by atoms with van der Waals surface area (Å²) >= 11 is 3.24. The second kappa shape index (κ2) is 10.3. The maximum absolute atomic E-state index is 13.7. The van der Waals surface area contributed by atoms with Gasteiger partial charge in [0.1, 0.15) is 24.2 Å². The lowest BCUT2D eigenvalue weighted by atomic mass is 10.0. The van der Waals surface area contributed by atoms with E-state index in [4.69, 9.17) is 10.5 Å². The van der Waals surface area contributed by atoms with Crippen LogP contribution in [0.2, 0.25) is 0 Å². The van der Waals surface area contributed by atoms with Gasteiger partial charge in [-0.25, -0.2) is 9.36 Å². The maximum atomic E-state index is 13.7. The van der Waals surface area contributed by atoms with E-state index in [0.29, 0.717) is 17.2 Å². The number of benzene rings is 2. The highest BCUT2D eigenvalue weighted by Crippen LogP contribution is 2.42. The Hall–Kier alpha value is -3.07. The third kappa shape index (κ3) is 4.87. The third-order valence-corrected chi connectivity index (χ3v) is 8.53. The number of aromatic nitrogens is 1. The molecule has 35 heavy (non-hydrogen) atoms. The number of aryl methyl sites for hydroxylation is 1. The van der Waals surface area contributed by atoms with Crippen LogP contribution in [0.15, 0.2) is 101 Å². The Bertz CT molecular complexity index is 1210. The number of amides is 1. The van der Waals surface area contributed by atoms with Gasteiger partial charge in [-0.15, -0.1) is 23.5 Å². The number of thioether (sulfide) groups is 2. The summed E-state index contributed by atoms with van der Waals surface area (Å²) in [4.78, 5) is 29.1. The Morgan fingerprint density at radius 1 is 1.09 bits per heavy atom. The molecule has 2 aliphatic rings. The molecule has 1 fully saturated rings. The fourth-order valence-electron chi connectivity index (χ4n) is 4.18. The molecule has 1 aromatic heterocycles. The number of ether oxygens (including phenoxy) is 1. The Kier molecular flexibility index (Phi) is 6.95. The summed E-state index contributed by atoms with van der Waals surface area (Å²) in [5.74, 6) is 0.474. The van der Waals surface area contributed by atoms with E-state index in [0.717, 1.165) is 21.6 Å². The molecule has 0 bridgehead atoms. The molecular formula is C27H26N3O3S2+. The zero-order chi connectivity index (χ0) is 24.4. The summed E-state index contributed by atoms with van der Waals surface area (Å²) in [5.41, 5.74) is 9.01. The van der Waals surface area contributed by atoms with Crippen molar-refractivity contribution in [3.05, 3.63) is 108 Å². The van der Waals surface area contributed by atoms with Crippen LogP contribution in [0, 0.1) is 0 Å². The van der Waals surface area contributed by atoms with Crippen molar-refractivity contribution in [1.29, 1.82) is 0 Å². The molecule has 0 spiro atoms. The lowest BCUT2D eigenvalue weighted by Crippen LogP contribution is -2.68. The van der Waals surface area contributed by atoms with Gasteiger partial charge in [-0.3, -0.25) is 9.69 Å². The van der Waals surface area contributed by atoms with Crippen molar-refractivity contribution in [3.8, 4) is 0 Å². The minimum Gasteiger partial charge on any atom is -0.448 e. The SMILES string of the molecule is C[n+]1ccc(SCC2=C(C(=O)OC(c3ccccc3)c3ccccc3)N3C(=O)[C@@H](N)[C@H]3SC2)cc1. The number of carbonyl (C=O) groups is 2. The number of rotatable bonds is 7. The van der Waals surface area contributed by atoms with Gasteiger partial charge in [0, 0.05) is 28.5 Å². The number of pyridine rings is 1. The van der Waals surface area contributed by atoms with Crippen molar-refractivity contribution in [2.24, 2.45) is 12.8 Å². The number of hydrogen-bond acceptors (Lipinski definition) is 6. The molecule has 2 atom stereocenters. The fourth-order valence-corrected chi connectivity index (χ4v) is 6.50. The van der Waals surface area contributed by atoms with E-state index in [2.05, 4.69) is 0 Å². The number of fused-ring (bicyclic) bond motifs is 1. The molecule has 6 nitrogen and oxygen atoms in total. The molecular weight excluding hydrogens is 478 g/mol. The molecule has 3 heterocycles. The molecule has 2 N–H and O–H groups in total. The molecule has 2 aromatic carbocycles. The molecule has 0 unspecified atom stereocenters. The van der Waals surface area contributed by atoms with Crippen LogP contribution in [-0.2, 0) is 21.4 Å². The van der Waals surface area contributed by atoms with Gasteiger partial charge in [-0.1, -0.05) is 60.7 Å². The van der Waals surface area contributed by atoms with Crippen LogP contribution in [0.5, 0.6) is 0 Å². The molecule has 2 aliphatic heterocycles. The van der Waals surface area contributed by atoms with Gasteiger partial charge < -0.3 is 10.5 Å². The van der Waals surface area contributed by atoms with Gasteiger partial charge in [-0.05, 0) is 16.7 Å². The van der Waals surface area contributed by atoms with Gasteiger partial charge in [-0.2, -0.15) is 0 Å². The molecule has 0 saturated carbocycles. The van der Waals surface area contributed by atoms with Gasteiger partial charge in [0.05, 0.1) is 0 Å². The van der Waals surface area contributed by atoms with E-state index >= 15 is 0 Å². The van der Waals surface area contributed by atoms with Crippen LogP contribution in [0.3, 0.4) is 0 Å². The monoisotopic (exact) mass is 504 g/mol. The van der Waals surface area contributed by atoms with E-state index in [1.807, 2.05) is 96.8 Å². The molecule has 1 saturated heterocycles. The Morgan fingerprint density at radius 3 is 2.29 bits per heavy atom. The highest BCUT2D eigenvalue weighted by molar-refractivity contribution is 8.01. The molecule has 0 radical (unpaired) electrons. The van der Waals surface area contributed by atoms with E-state index < -0.39 is 18.1 Å². The molecule has 3 aromatic rings. The number of carbonyl (C=O) groups excluding carboxylic acids is 2. The summed E-state index contributed by atoms with van der Waals surface area (Å²) < 4.78 is 8.12. The lowest BCUT2D eigenvalue weighted by Gasteiger charge is -2.48. The third-order valence-electron chi connectivity index (χ3n) is 6.07. The van der Waals surface area contributed by atoms with Crippen LogP contribution in [0.1, 0.15) is 17.2 Å². The first kappa shape index (κ1) is 23.7. The summed E-state index contributed by atoms with van der Waals surface area (Å²) in [7, 11) is 1.97. The van der Waals surface area contributed by atoms with Gasteiger partial charge in [0.25, 0.3) is 0 Å². The molecule has 8 heteroatoms. The Morgan fingerprint density at radius 2 is 1.69 bits per heavy atom. The summed E-state index contributed by atoms with van der Waals surface area (Å²) in [6, 6.07) is 22.8. The maximum Gasteiger partial charge on any atom is 0.356 e. The number of nitrogens with two attached hydrogens (primary N) is 1. The van der Waals surface area contributed by atoms with E-state index in [-0.39, 0.29) is 11.3 Å². The number of hydrogen-bond donors (Lipinski definition) is 1. The average molecular weight is 505 g/mol. The standard InChI is InChI=1S/C27H26N3O3S2/c1-29-14-12-21(13-15-29)34-16-20-17-35-26-22(28)25(31)30(26)23(20)27(32)33-24(18-8-4-2-5-9-18)19-10-6-3-7-11-19/h2-15,22,24,26H,16-17,28H2,1H3/q+1/t22-,26-/m1/s1. The first-order valence-electron chi connectivity index (χ1n) is 11.3. The quantitative estimate of drug-likeness (QED) is 0.230. The predicted octanol–water partition coefficient (Wildman–Crippen LogP) is 3.43. The summed E-state index contributed by atoms with van der Waals surface area (Å²) in [6.45, 7) is 0. The predicted molar refractivity (Wildman–Crippen MR) is 137 cm³/mol. The normalized spacial score (nSPS) is 19.4. The summed E-state index contributed by atoms with van der Waals surface area (Å²) in [6.07, 6.45) is 3.39. The Balaban J connectivity index is 1.46. The minimum atomic E-state index is -0.592. The van der Waals surface area contributed by atoms with Crippen molar-refractivity contribution < 1.29 is 18.9 Å². The van der Waals surface area contributed by atoms with Gasteiger partial charge in [0.15, 0.2) is 18.5 Å². The first-order chi connectivity index (χ1) is 17.0. The number of β-lactam (4-membered cyclic amide) rings is 1. The zero-order valence-corrected chi connectivity index (χ0v) is 20.9. The summed E-state index contributed by atoms with van der Waals surface area (Å²) in [5, 5.41) is -0.235. The molecule has 0 aliphatic carbocycles. The molecule has 1 amide bonds. The fraction of sp³-hybridized carbons (Fsp3) is 0.222. The van der Waals surface area contributed by atoms with Crippen LogP contribution < -0.4 is 10.3 Å². The van der Waals surface area contributed by atoms with E-state index in [1.165, 1.54) is 4.90 Å². The zero-order valence-electron chi connectivity index (χ0n) is 19.2. The Labute approximate surface area is 213 Å². The van der Waals surface area contributed by atoms with Crippen LogP contribution in [0.4, 0.5) is 0 Å². The van der Waals surface area contributed by atoms with Crippen LogP contribution in [-0.4, -0.2) is 39.7 Å². The second-order valence-electron chi connectivity index (χ2n) is 8.48. The highest BCUT2D eigenvalue weighted by atomic mass is 32.2. The number of nitrogens with zero attached hydrogens (tertiary/aromatic N) is 2. The smallest absolute Gasteiger partial charge is 0.356 e. The van der Waals surface area contributed by atoms with Crippen LogP contribution in [0.25, 0.3) is 0 Å². The average Bonchev–Trinajstić information content (AvgIpc) is 2.91. The van der Waals surface area contributed by atoms with Crippen molar-refractivity contribution in [1.82, 2.24) is 4.90 Å². The molecule has 5 rings (SSSR count). The van der Waals surface area contributed by atoms with Crippen LogP contribution >= 0.6 is 23.5 Å². The van der Waals surface area contributed by atoms with Crippen molar-refractivity contribution in [3.63, 3.8) is 0 Å². The van der Waals surface area contributed by atoms with E-state index in [9.17, 15) is 9.59 Å². The van der Waals surface area contributed by atoms with Gasteiger partial charge >= 0.3 is 5.97 Å². The lowest BCUT2D eigenvalue weighted by molar-refractivity contribution is -0.671. The largest absolute Gasteiger partial charge is 0.448 e. The van der Waals surface area contributed by atoms with Crippen molar-refractivity contribution in [2.75, 3.05) is 11.5 Å².